The number of rotatable bonds is 9. The van der Waals surface area contributed by atoms with Crippen LogP contribution in [-0.2, 0) is 16.1 Å². The van der Waals surface area contributed by atoms with Gasteiger partial charge in [0.1, 0.15) is 5.52 Å². The van der Waals surface area contributed by atoms with Gasteiger partial charge in [-0.1, -0.05) is 12.1 Å². The van der Waals surface area contributed by atoms with E-state index < -0.39 is 5.91 Å². The zero-order valence-corrected chi connectivity index (χ0v) is 19.7. The van der Waals surface area contributed by atoms with E-state index in [1.54, 1.807) is 30.6 Å². The highest BCUT2D eigenvalue weighted by Crippen LogP contribution is 2.25. The van der Waals surface area contributed by atoms with Crippen LogP contribution in [0.15, 0.2) is 30.6 Å². The van der Waals surface area contributed by atoms with E-state index in [2.05, 4.69) is 15.2 Å². The lowest BCUT2D eigenvalue weighted by atomic mass is 10.1. The molecule has 3 N–H and O–H groups in total. The second-order valence-electron chi connectivity index (χ2n) is 8.81. The number of likely N-dealkylation sites (tertiary alicyclic amines) is 1. The molecule has 0 spiro atoms. The molecule has 0 radical (unpaired) electrons. The molecule has 2 aliphatic rings. The van der Waals surface area contributed by atoms with Gasteiger partial charge in [-0.2, -0.15) is 0 Å². The maximum atomic E-state index is 12.0. The van der Waals surface area contributed by atoms with Crippen molar-refractivity contribution >= 4 is 28.8 Å². The summed E-state index contributed by atoms with van der Waals surface area (Å²) in [7, 11) is 0. The number of carbonyl (C=O) groups is 2. The normalized spacial score (nSPS) is 16.8. The molecule has 2 aliphatic heterocycles. The Labute approximate surface area is 203 Å². The number of hydrogen-bond donors (Lipinski definition) is 2. The monoisotopic (exact) mass is 478 g/mol. The molecule has 4 heterocycles. The highest BCUT2D eigenvalue weighted by molar-refractivity contribution is 5.93. The highest BCUT2D eigenvalue weighted by atomic mass is 16.5. The minimum absolute atomic E-state index is 0.199. The van der Waals surface area contributed by atoms with Gasteiger partial charge in [-0.05, 0) is 18.6 Å². The topological polar surface area (TPSA) is 132 Å². The molecule has 3 aromatic rings. The van der Waals surface area contributed by atoms with E-state index in [9.17, 15) is 9.59 Å². The van der Waals surface area contributed by atoms with E-state index in [0.717, 1.165) is 51.4 Å². The molecule has 0 atom stereocenters. The molecular formula is C24H30N8O3. The van der Waals surface area contributed by atoms with Crippen molar-refractivity contribution in [3.05, 3.63) is 36.2 Å². The lowest BCUT2D eigenvalue weighted by Crippen LogP contribution is -2.39. The first-order valence-corrected chi connectivity index (χ1v) is 12.0. The number of carbonyl (C=O) groups excluding carboxylic acids is 2. The van der Waals surface area contributed by atoms with E-state index in [-0.39, 0.29) is 5.91 Å². The molecule has 2 aromatic heterocycles. The van der Waals surface area contributed by atoms with Crippen LogP contribution in [0.4, 0.5) is 5.82 Å². The van der Waals surface area contributed by atoms with E-state index in [1.165, 1.54) is 0 Å². The van der Waals surface area contributed by atoms with Gasteiger partial charge in [0.2, 0.25) is 11.8 Å². The predicted octanol–water partition coefficient (Wildman–Crippen LogP) is 0.959. The quantitative estimate of drug-likeness (QED) is 0.465. The van der Waals surface area contributed by atoms with Gasteiger partial charge < -0.3 is 25.3 Å². The molecule has 2 amide bonds. The van der Waals surface area contributed by atoms with Crippen LogP contribution in [-0.4, -0.2) is 93.6 Å². The minimum Gasteiger partial charge on any atom is -0.379 e. The van der Waals surface area contributed by atoms with Crippen molar-refractivity contribution in [1.29, 1.82) is 0 Å². The summed E-state index contributed by atoms with van der Waals surface area (Å²) in [5, 5.41) is 3.44. The summed E-state index contributed by atoms with van der Waals surface area (Å²) in [5.74, 6) is 0.910. The van der Waals surface area contributed by atoms with E-state index in [4.69, 9.17) is 20.4 Å². The van der Waals surface area contributed by atoms with Crippen LogP contribution in [0.25, 0.3) is 22.6 Å². The lowest BCUT2D eigenvalue weighted by molar-refractivity contribution is -0.127. The number of imidazole rings is 1. The Morgan fingerprint density at radius 1 is 1.06 bits per heavy atom. The van der Waals surface area contributed by atoms with Crippen LogP contribution in [0.3, 0.4) is 0 Å². The third kappa shape index (κ3) is 5.25. The van der Waals surface area contributed by atoms with Crippen LogP contribution >= 0.6 is 0 Å². The molecule has 5 rings (SSSR count). The van der Waals surface area contributed by atoms with Crippen molar-refractivity contribution in [3.63, 3.8) is 0 Å². The van der Waals surface area contributed by atoms with Gasteiger partial charge in [0, 0.05) is 63.4 Å². The first-order valence-electron chi connectivity index (χ1n) is 12.0. The Hall–Kier alpha value is -3.57. The van der Waals surface area contributed by atoms with E-state index in [0.29, 0.717) is 54.4 Å². The first-order chi connectivity index (χ1) is 17.1. The molecule has 2 fully saturated rings. The molecule has 11 heteroatoms. The zero-order chi connectivity index (χ0) is 24.2. The van der Waals surface area contributed by atoms with Crippen molar-refractivity contribution in [2.24, 2.45) is 5.73 Å². The Morgan fingerprint density at radius 3 is 2.57 bits per heavy atom. The maximum absolute atomic E-state index is 12.0. The smallest absolute Gasteiger partial charge is 0.248 e. The summed E-state index contributed by atoms with van der Waals surface area (Å²) in [6.45, 7) is 6.96. The summed E-state index contributed by atoms with van der Waals surface area (Å²) < 4.78 is 7.40. The van der Waals surface area contributed by atoms with Crippen molar-refractivity contribution < 1.29 is 14.3 Å². The van der Waals surface area contributed by atoms with Gasteiger partial charge in [-0.15, -0.1) is 0 Å². The molecule has 0 saturated carbocycles. The number of nitrogens with one attached hydrogen (secondary N) is 1. The number of amides is 2. The standard InChI is InChI=1S/C24H30N8O3/c25-21(34)17-3-5-18(6-4-17)22-28-23(26-7-9-30-12-14-35-15-13-30)20-24(29-22)32(16-27-20)11-10-31-8-1-2-19(31)33/h3-6,16H,1-2,7-15H2,(H2,25,34)(H,26,28,29). The summed E-state index contributed by atoms with van der Waals surface area (Å²) >= 11 is 0. The molecule has 2 saturated heterocycles. The number of nitrogens with zero attached hydrogens (tertiary/aromatic N) is 6. The van der Waals surface area contributed by atoms with Gasteiger partial charge in [0.25, 0.3) is 0 Å². The average molecular weight is 479 g/mol. The molecule has 184 valence electrons. The van der Waals surface area contributed by atoms with Gasteiger partial charge >= 0.3 is 0 Å². The molecule has 0 bridgehead atoms. The number of nitrogens with two attached hydrogens (primary N) is 1. The number of primary amides is 1. The Balaban J connectivity index is 1.41. The third-order valence-electron chi connectivity index (χ3n) is 6.50. The van der Waals surface area contributed by atoms with Crippen molar-refractivity contribution in [3.8, 4) is 11.4 Å². The van der Waals surface area contributed by atoms with E-state index in [1.807, 2.05) is 9.47 Å². The number of ether oxygens (including phenoxy) is 1. The first kappa shape index (κ1) is 23.2. The van der Waals surface area contributed by atoms with Crippen LogP contribution in [0, 0.1) is 0 Å². The fourth-order valence-electron chi connectivity index (χ4n) is 4.47. The summed E-state index contributed by atoms with van der Waals surface area (Å²) in [6.07, 6.45) is 3.29. The Bertz CT molecular complexity index is 1200. The van der Waals surface area contributed by atoms with Gasteiger partial charge in [0.15, 0.2) is 17.3 Å². The molecule has 1 aromatic carbocycles. The Morgan fingerprint density at radius 2 is 1.86 bits per heavy atom. The average Bonchev–Trinajstić information content (AvgIpc) is 3.49. The molecule has 0 unspecified atom stereocenters. The second kappa shape index (κ2) is 10.4. The van der Waals surface area contributed by atoms with Crippen LogP contribution in [0.1, 0.15) is 23.2 Å². The predicted molar refractivity (Wildman–Crippen MR) is 131 cm³/mol. The number of fused-ring (bicyclic) bond motifs is 1. The SMILES string of the molecule is NC(=O)c1ccc(-c2nc(NCCN3CCOCC3)c3ncn(CCN4CCCC4=O)c3n2)cc1. The fourth-order valence-corrected chi connectivity index (χ4v) is 4.47. The van der Waals surface area contributed by atoms with Gasteiger partial charge in [-0.3, -0.25) is 14.5 Å². The lowest BCUT2D eigenvalue weighted by Gasteiger charge is -2.26. The second-order valence-corrected chi connectivity index (χ2v) is 8.81. The number of hydrogen-bond acceptors (Lipinski definition) is 8. The molecule has 11 nitrogen and oxygen atoms in total. The van der Waals surface area contributed by atoms with Crippen molar-refractivity contribution in [2.45, 2.75) is 19.4 Å². The zero-order valence-electron chi connectivity index (χ0n) is 19.7. The summed E-state index contributed by atoms with van der Waals surface area (Å²) in [5.41, 5.74) is 7.99. The molecular weight excluding hydrogens is 448 g/mol. The van der Waals surface area contributed by atoms with Crippen LogP contribution in [0.5, 0.6) is 0 Å². The Kier molecular flexibility index (Phi) is 6.87. The minimum atomic E-state index is -0.479. The number of anilines is 1. The van der Waals surface area contributed by atoms with Crippen LogP contribution in [0.2, 0.25) is 0 Å². The van der Waals surface area contributed by atoms with Gasteiger partial charge in [0.05, 0.1) is 19.5 Å². The van der Waals surface area contributed by atoms with Crippen LogP contribution < -0.4 is 11.1 Å². The molecule has 35 heavy (non-hydrogen) atoms. The largest absolute Gasteiger partial charge is 0.379 e. The summed E-state index contributed by atoms with van der Waals surface area (Å²) in [6, 6.07) is 6.94. The number of morpholine rings is 1. The van der Waals surface area contributed by atoms with Crippen molar-refractivity contribution in [1.82, 2.24) is 29.3 Å². The summed E-state index contributed by atoms with van der Waals surface area (Å²) in [4.78, 5) is 41.9. The number of aromatic nitrogens is 4. The molecule has 0 aliphatic carbocycles. The highest BCUT2D eigenvalue weighted by Gasteiger charge is 2.21. The van der Waals surface area contributed by atoms with Gasteiger partial charge in [-0.25, -0.2) is 15.0 Å². The van der Waals surface area contributed by atoms with Crippen molar-refractivity contribution in [2.75, 3.05) is 57.8 Å². The maximum Gasteiger partial charge on any atom is 0.248 e. The third-order valence-corrected chi connectivity index (χ3v) is 6.50. The van der Waals surface area contributed by atoms with E-state index >= 15 is 0 Å². The number of benzene rings is 1. The fraction of sp³-hybridized carbons (Fsp3) is 0.458.